The van der Waals surface area contributed by atoms with Crippen LogP contribution in [-0.4, -0.2) is 30.2 Å². The summed E-state index contributed by atoms with van der Waals surface area (Å²) in [5, 5.41) is 6.75. The Labute approximate surface area is 214 Å². The van der Waals surface area contributed by atoms with Gasteiger partial charge in [-0.3, -0.25) is 9.59 Å². The van der Waals surface area contributed by atoms with Crippen LogP contribution in [0.25, 0.3) is 16.9 Å². The molecule has 4 aromatic rings. The van der Waals surface area contributed by atoms with E-state index < -0.39 is 0 Å². The van der Waals surface area contributed by atoms with E-state index in [1.54, 1.807) is 15.6 Å². The number of aromatic nitrogens is 5. The van der Waals surface area contributed by atoms with Gasteiger partial charge in [-0.2, -0.15) is 4.98 Å². The molecule has 0 atom stereocenters. The number of nitrogens with zero attached hydrogens (tertiary/aromatic N) is 5. The Bertz CT molecular complexity index is 1620. The van der Waals surface area contributed by atoms with Gasteiger partial charge in [0.1, 0.15) is 5.39 Å². The molecule has 1 saturated carbocycles. The zero-order chi connectivity index (χ0) is 26.1. The van der Waals surface area contributed by atoms with E-state index in [1.165, 1.54) is 0 Å². The first-order chi connectivity index (χ1) is 17.6. The second kappa shape index (κ2) is 7.99. The molecule has 6 rings (SSSR count). The van der Waals surface area contributed by atoms with Crippen LogP contribution in [0.5, 0.6) is 0 Å². The summed E-state index contributed by atoms with van der Waals surface area (Å²) in [5.41, 5.74) is 3.84. The third kappa shape index (κ3) is 3.72. The Balaban J connectivity index is 1.44. The van der Waals surface area contributed by atoms with Crippen molar-refractivity contribution in [3.63, 3.8) is 0 Å². The molecule has 1 spiro atoms. The van der Waals surface area contributed by atoms with Gasteiger partial charge in [0.25, 0.3) is 5.56 Å². The monoisotopic (exact) mass is 497 g/mol. The van der Waals surface area contributed by atoms with Gasteiger partial charge in [0.05, 0.1) is 5.41 Å². The summed E-state index contributed by atoms with van der Waals surface area (Å²) >= 11 is 0. The van der Waals surface area contributed by atoms with E-state index in [9.17, 15) is 9.59 Å². The lowest BCUT2D eigenvalue weighted by molar-refractivity contribution is -0.124. The minimum absolute atomic E-state index is 0.108. The maximum Gasteiger partial charge on any atom is 0.278 e. The Morgan fingerprint density at radius 1 is 1.08 bits per heavy atom. The smallest absolute Gasteiger partial charge is 0.278 e. The third-order valence-electron chi connectivity index (χ3n) is 7.33. The SMILES string of the molecule is CC(C)n1c(=O)c2cnc(Nc3ccc4c(c3)CNC(=O)C43CC3)nc2n1-c1cccc(C(C)(C)C)n1. The van der Waals surface area contributed by atoms with Crippen molar-refractivity contribution in [3.05, 3.63) is 69.8 Å². The highest BCUT2D eigenvalue weighted by Gasteiger charge is 2.53. The molecular formula is C28H31N7O2. The van der Waals surface area contributed by atoms with Gasteiger partial charge in [0.2, 0.25) is 11.9 Å². The van der Waals surface area contributed by atoms with E-state index in [0.717, 1.165) is 35.3 Å². The minimum Gasteiger partial charge on any atom is -0.351 e. The second-order valence-electron chi connectivity index (χ2n) is 11.4. The van der Waals surface area contributed by atoms with Crippen molar-refractivity contribution in [2.45, 2.75) is 70.9 Å². The Morgan fingerprint density at radius 3 is 2.57 bits per heavy atom. The van der Waals surface area contributed by atoms with Crippen molar-refractivity contribution >= 4 is 28.6 Å². The number of benzene rings is 1. The molecule has 190 valence electrons. The van der Waals surface area contributed by atoms with Crippen LogP contribution in [-0.2, 0) is 22.2 Å². The van der Waals surface area contributed by atoms with Crippen LogP contribution in [0.2, 0.25) is 0 Å². The number of hydrogen-bond donors (Lipinski definition) is 2. The van der Waals surface area contributed by atoms with Crippen LogP contribution < -0.4 is 16.2 Å². The number of carbonyl (C=O) groups is 1. The first-order valence-corrected chi connectivity index (χ1v) is 12.8. The Hall–Kier alpha value is -4.01. The number of nitrogens with one attached hydrogen (secondary N) is 2. The van der Waals surface area contributed by atoms with Gasteiger partial charge in [0, 0.05) is 35.6 Å². The van der Waals surface area contributed by atoms with Crippen LogP contribution in [0, 0.1) is 0 Å². The molecule has 1 aliphatic heterocycles. The van der Waals surface area contributed by atoms with Gasteiger partial charge in [0.15, 0.2) is 11.5 Å². The van der Waals surface area contributed by atoms with E-state index in [-0.39, 0.29) is 28.3 Å². The fourth-order valence-electron chi connectivity index (χ4n) is 5.21. The number of anilines is 2. The Morgan fingerprint density at radius 2 is 1.86 bits per heavy atom. The molecule has 3 aromatic heterocycles. The van der Waals surface area contributed by atoms with Gasteiger partial charge >= 0.3 is 0 Å². The predicted octanol–water partition coefficient (Wildman–Crippen LogP) is 4.26. The highest BCUT2D eigenvalue weighted by Crippen LogP contribution is 2.51. The topological polar surface area (TPSA) is 107 Å². The maximum atomic E-state index is 13.3. The van der Waals surface area contributed by atoms with Crippen LogP contribution >= 0.6 is 0 Å². The quantitative estimate of drug-likeness (QED) is 0.436. The summed E-state index contributed by atoms with van der Waals surface area (Å²) in [6.07, 6.45) is 3.37. The lowest BCUT2D eigenvalue weighted by Crippen LogP contribution is -2.39. The summed E-state index contributed by atoms with van der Waals surface area (Å²) in [7, 11) is 0. The Kier molecular flexibility index (Phi) is 5.05. The summed E-state index contributed by atoms with van der Waals surface area (Å²) < 4.78 is 3.47. The lowest BCUT2D eigenvalue weighted by Gasteiger charge is -2.25. The first kappa shape index (κ1) is 23.4. The van der Waals surface area contributed by atoms with Crippen molar-refractivity contribution < 1.29 is 4.79 Å². The molecule has 0 saturated heterocycles. The number of amides is 1. The van der Waals surface area contributed by atoms with Gasteiger partial charge in [-0.05, 0) is 62.1 Å². The average molecular weight is 498 g/mol. The molecule has 0 unspecified atom stereocenters. The maximum absolute atomic E-state index is 13.3. The van der Waals surface area contributed by atoms with Crippen molar-refractivity contribution in [2.24, 2.45) is 0 Å². The first-order valence-electron chi connectivity index (χ1n) is 12.8. The fraction of sp³-hybridized carbons (Fsp3) is 0.393. The number of rotatable bonds is 4. The minimum atomic E-state index is -0.341. The molecule has 2 aliphatic rings. The van der Waals surface area contributed by atoms with Crippen molar-refractivity contribution in [1.29, 1.82) is 0 Å². The van der Waals surface area contributed by atoms with E-state index in [1.807, 2.05) is 50.2 Å². The van der Waals surface area contributed by atoms with E-state index in [0.29, 0.717) is 29.3 Å². The van der Waals surface area contributed by atoms with Crippen LogP contribution in [0.3, 0.4) is 0 Å². The zero-order valence-corrected chi connectivity index (χ0v) is 21.8. The molecule has 1 aromatic carbocycles. The molecule has 0 bridgehead atoms. The number of hydrogen-bond acceptors (Lipinski definition) is 6. The summed E-state index contributed by atoms with van der Waals surface area (Å²) in [6, 6.07) is 11.8. The van der Waals surface area contributed by atoms with Gasteiger partial charge in [-0.25, -0.2) is 19.3 Å². The van der Waals surface area contributed by atoms with Crippen LogP contribution in [0.15, 0.2) is 47.4 Å². The molecule has 1 amide bonds. The fourth-order valence-corrected chi connectivity index (χ4v) is 5.21. The lowest BCUT2D eigenvalue weighted by atomic mass is 9.87. The molecule has 37 heavy (non-hydrogen) atoms. The van der Waals surface area contributed by atoms with Crippen LogP contribution in [0.4, 0.5) is 11.6 Å². The standard InChI is InChI=1S/C28H31N7O2/c1-16(2)34-24(36)19-15-30-26(33-23(19)35(34)22-8-6-7-21(32-22)27(3,4)5)31-18-9-10-20-17(13-18)14-29-25(37)28(20)11-12-28/h6-10,13,15-16H,11-12,14H2,1-5H3,(H,29,37)(H,30,31,33). The molecule has 1 fully saturated rings. The molecular weight excluding hydrogens is 466 g/mol. The van der Waals surface area contributed by atoms with E-state index >= 15 is 0 Å². The molecule has 9 nitrogen and oxygen atoms in total. The third-order valence-corrected chi connectivity index (χ3v) is 7.33. The van der Waals surface area contributed by atoms with E-state index in [4.69, 9.17) is 9.97 Å². The second-order valence-corrected chi connectivity index (χ2v) is 11.4. The normalized spacial score (nSPS) is 16.2. The molecule has 9 heteroatoms. The van der Waals surface area contributed by atoms with Gasteiger partial charge in [-0.1, -0.05) is 32.9 Å². The average Bonchev–Trinajstić information content (AvgIpc) is 3.60. The number of carbonyl (C=O) groups excluding carboxylic acids is 1. The summed E-state index contributed by atoms with van der Waals surface area (Å²) in [5.74, 6) is 1.15. The van der Waals surface area contributed by atoms with Crippen LogP contribution in [0.1, 0.15) is 70.3 Å². The summed E-state index contributed by atoms with van der Waals surface area (Å²) in [6.45, 7) is 10.8. The molecule has 2 N–H and O–H groups in total. The zero-order valence-electron chi connectivity index (χ0n) is 21.8. The van der Waals surface area contributed by atoms with Gasteiger partial charge < -0.3 is 10.6 Å². The molecule has 1 aliphatic carbocycles. The van der Waals surface area contributed by atoms with Gasteiger partial charge in [-0.15, -0.1) is 0 Å². The highest BCUT2D eigenvalue weighted by atomic mass is 16.2. The highest BCUT2D eigenvalue weighted by molar-refractivity contribution is 5.93. The van der Waals surface area contributed by atoms with Crippen molar-refractivity contribution in [1.82, 2.24) is 29.6 Å². The number of fused-ring (bicyclic) bond motifs is 3. The predicted molar refractivity (Wildman–Crippen MR) is 142 cm³/mol. The van der Waals surface area contributed by atoms with Crippen molar-refractivity contribution in [2.75, 3.05) is 5.32 Å². The number of pyridine rings is 1. The van der Waals surface area contributed by atoms with E-state index in [2.05, 4.69) is 36.4 Å². The van der Waals surface area contributed by atoms with Crippen molar-refractivity contribution in [3.8, 4) is 5.82 Å². The largest absolute Gasteiger partial charge is 0.351 e. The molecule has 0 radical (unpaired) electrons. The summed E-state index contributed by atoms with van der Waals surface area (Å²) in [4.78, 5) is 39.8. The molecule has 4 heterocycles.